The molecule has 0 aliphatic rings. The van der Waals surface area contributed by atoms with Gasteiger partial charge in [-0.2, -0.15) is 0 Å². The monoisotopic (exact) mass is 448 g/mol. The Labute approximate surface area is 206 Å². The minimum Gasteiger partial charge on any atom is -0.0651 e. The number of aryl methyl sites for hydroxylation is 6. The van der Waals surface area contributed by atoms with Gasteiger partial charge in [0.15, 0.2) is 0 Å². The molecule has 2 rings (SSSR count). The van der Waals surface area contributed by atoms with Crippen LogP contribution < -0.4 is 0 Å². The van der Waals surface area contributed by atoms with E-state index in [0.29, 0.717) is 0 Å². The van der Waals surface area contributed by atoms with Crippen LogP contribution in [0, 0.1) is 0 Å². The van der Waals surface area contributed by atoms with E-state index < -0.39 is 0 Å². The molecule has 0 radical (unpaired) electrons. The lowest BCUT2D eigenvalue weighted by Crippen LogP contribution is -2.27. The maximum Gasteiger partial charge on any atom is 0.0157 e. The van der Waals surface area contributed by atoms with Gasteiger partial charge >= 0.3 is 0 Å². The van der Waals surface area contributed by atoms with Gasteiger partial charge in [0.1, 0.15) is 0 Å². The molecule has 0 saturated carbocycles. The van der Waals surface area contributed by atoms with Crippen molar-refractivity contribution in [2.45, 2.75) is 138 Å². The van der Waals surface area contributed by atoms with Crippen LogP contribution in [0.3, 0.4) is 0 Å². The highest BCUT2D eigenvalue weighted by Gasteiger charge is 2.32. The number of rotatable bonds is 14. The Kier molecular flexibility index (Phi) is 11.2. The Morgan fingerprint density at radius 1 is 0.424 bits per heavy atom. The first kappa shape index (κ1) is 27.7. The SMILES string of the molecule is CCCc1cc(CCC)c(C(C)(C)c2c(CCC)cc(CCC)cc2CCC)c(CCC)c1. The van der Waals surface area contributed by atoms with Crippen LogP contribution in [0.1, 0.15) is 138 Å². The zero-order chi connectivity index (χ0) is 24.4. The second-order valence-corrected chi connectivity index (χ2v) is 10.7. The molecule has 0 unspecified atom stereocenters. The van der Waals surface area contributed by atoms with Gasteiger partial charge in [0.2, 0.25) is 0 Å². The molecule has 184 valence electrons. The molecule has 0 fully saturated rings. The molecule has 0 aromatic heterocycles. The normalized spacial score (nSPS) is 11.9. The Morgan fingerprint density at radius 3 is 0.879 bits per heavy atom. The van der Waals surface area contributed by atoms with Gasteiger partial charge in [-0.25, -0.2) is 0 Å². The predicted molar refractivity (Wildman–Crippen MR) is 149 cm³/mol. The van der Waals surface area contributed by atoms with Gasteiger partial charge in [0, 0.05) is 5.41 Å². The summed E-state index contributed by atoms with van der Waals surface area (Å²) in [6.45, 7) is 19.0. The summed E-state index contributed by atoms with van der Waals surface area (Å²) >= 11 is 0. The van der Waals surface area contributed by atoms with Crippen LogP contribution in [-0.2, 0) is 43.9 Å². The molecule has 0 nitrogen and oxygen atoms in total. The average molecular weight is 449 g/mol. The van der Waals surface area contributed by atoms with Gasteiger partial charge in [-0.15, -0.1) is 0 Å². The average Bonchev–Trinajstić information content (AvgIpc) is 2.74. The van der Waals surface area contributed by atoms with E-state index in [2.05, 4.69) is 79.7 Å². The summed E-state index contributed by atoms with van der Waals surface area (Å²) in [4.78, 5) is 0. The van der Waals surface area contributed by atoms with Gasteiger partial charge in [-0.05, 0) is 83.0 Å². The van der Waals surface area contributed by atoms with Gasteiger partial charge in [-0.3, -0.25) is 0 Å². The van der Waals surface area contributed by atoms with Crippen LogP contribution in [0.2, 0.25) is 0 Å². The highest BCUT2D eigenvalue weighted by Crippen LogP contribution is 2.42. The molecular formula is C33H52. The van der Waals surface area contributed by atoms with E-state index in [1.54, 1.807) is 44.5 Å². The van der Waals surface area contributed by atoms with Crippen molar-refractivity contribution in [3.05, 3.63) is 68.8 Å². The summed E-state index contributed by atoms with van der Waals surface area (Å²) in [5, 5.41) is 0. The first-order chi connectivity index (χ1) is 15.9. The number of hydrogen-bond donors (Lipinski definition) is 0. The van der Waals surface area contributed by atoms with Crippen molar-refractivity contribution in [1.82, 2.24) is 0 Å². The summed E-state index contributed by atoms with van der Waals surface area (Å²) < 4.78 is 0. The lowest BCUT2D eigenvalue weighted by atomic mass is 9.68. The van der Waals surface area contributed by atoms with Gasteiger partial charge in [0.05, 0.1) is 0 Å². The largest absolute Gasteiger partial charge is 0.0651 e. The van der Waals surface area contributed by atoms with E-state index in [0.717, 1.165) is 0 Å². The molecule has 0 aliphatic heterocycles. The minimum atomic E-state index is 0.0273. The van der Waals surface area contributed by atoms with E-state index in [-0.39, 0.29) is 5.41 Å². The first-order valence-corrected chi connectivity index (χ1v) is 14.2. The molecule has 0 atom stereocenters. The lowest BCUT2D eigenvalue weighted by Gasteiger charge is -2.36. The quantitative estimate of drug-likeness (QED) is 0.270. The molecule has 0 aliphatic carbocycles. The van der Waals surface area contributed by atoms with Crippen LogP contribution >= 0.6 is 0 Å². The highest BCUT2D eigenvalue weighted by atomic mass is 14.4. The third-order valence-electron chi connectivity index (χ3n) is 7.13. The molecule has 0 bridgehead atoms. The first-order valence-electron chi connectivity index (χ1n) is 14.2. The van der Waals surface area contributed by atoms with Crippen LogP contribution in [-0.4, -0.2) is 0 Å². The molecule has 0 amide bonds. The molecule has 2 aromatic rings. The number of hydrogen-bond acceptors (Lipinski definition) is 0. The van der Waals surface area contributed by atoms with Crippen molar-refractivity contribution in [2.24, 2.45) is 0 Å². The van der Waals surface area contributed by atoms with Crippen LogP contribution in [0.5, 0.6) is 0 Å². The molecule has 0 heterocycles. The summed E-state index contributed by atoms with van der Waals surface area (Å²) in [7, 11) is 0. The van der Waals surface area contributed by atoms with E-state index in [1.807, 2.05) is 0 Å². The van der Waals surface area contributed by atoms with Gasteiger partial charge < -0.3 is 0 Å². The fourth-order valence-electron chi connectivity index (χ4n) is 6.14. The second kappa shape index (κ2) is 13.4. The Bertz CT molecular complexity index is 742. The standard InChI is InChI=1S/C33H52/c1-9-15-25-21-27(17-11-3)31(28(22-25)18-12-4)33(7,8)32-29(19-13-5)23-26(16-10-2)24-30(32)20-14-6/h21-24H,9-20H2,1-8H3. The zero-order valence-electron chi connectivity index (χ0n) is 23.3. The molecular weight excluding hydrogens is 396 g/mol. The zero-order valence-corrected chi connectivity index (χ0v) is 23.3. The summed E-state index contributed by atoms with van der Waals surface area (Å²) in [6.07, 6.45) is 14.4. The molecule has 0 N–H and O–H groups in total. The lowest BCUT2D eigenvalue weighted by molar-refractivity contribution is 0.597. The predicted octanol–water partition coefficient (Wildman–Crippen LogP) is 9.73. The van der Waals surface area contributed by atoms with Crippen LogP contribution in [0.4, 0.5) is 0 Å². The number of benzene rings is 2. The Balaban J connectivity index is 2.85. The Hall–Kier alpha value is -1.56. The molecule has 0 spiro atoms. The van der Waals surface area contributed by atoms with E-state index in [4.69, 9.17) is 0 Å². The minimum absolute atomic E-state index is 0.0273. The second-order valence-electron chi connectivity index (χ2n) is 10.7. The van der Waals surface area contributed by atoms with E-state index >= 15 is 0 Å². The summed E-state index contributed by atoms with van der Waals surface area (Å²) in [5.41, 5.74) is 12.8. The molecule has 33 heavy (non-hydrogen) atoms. The van der Waals surface area contributed by atoms with Crippen molar-refractivity contribution in [3.63, 3.8) is 0 Å². The van der Waals surface area contributed by atoms with Crippen molar-refractivity contribution in [2.75, 3.05) is 0 Å². The summed E-state index contributed by atoms with van der Waals surface area (Å²) in [5.74, 6) is 0. The fourth-order valence-corrected chi connectivity index (χ4v) is 6.14. The third-order valence-corrected chi connectivity index (χ3v) is 7.13. The van der Waals surface area contributed by atoms with Crippen molar-refractivity contribution >= 4 is 0 Å². The van der Waals surface area contributed by atoms with Gasteiger partial charge in [0.25, 0.3) is 0 Å². The highest BCUT2D eigenvalue weighted by molar-refractivity contribution is 5.55. The summed E-state index contributed by atoms with van der Waals surface area (Å²) in [6, 6.07) is 10.3. The molecule has 0 saturated heterocycles. The maximum atomic E-state index is 2.56. The van der Waals surface area contributed by atoms with Crippen molar-refractivity contribution in [1.29, 1.82) is 0 Å². The van der Waals surface area contributed by atoms with Crippen LogP contribution in [0.25, 0.3) is 0 Å². The van der Waals surface area contributed by atoms with E-state index in [1.165, 1.54) is 77.0 Å². The topological polar surface area (TPSA) is 0 Å². The third kappa shape index (κ3) is 6.74. The molecule has 2 aromatic carbocycles. The van der Waals surface area contributed by atoms with Crippen LogP contribution in [0.15, 0.2) is 24.3 Å². The van der Waals surface area contributed by atoms with E-state index in [9.17, 15) is 0 Å². The molecule has 0 heteroatoms. The fraction of sp³-hybridized carbons (Fsp3) is 0.636. The Morgan fingerprint density at radius 2 is 0.667 bits per heavy atom. The van der Waals surface area contributed by atoms with Gasteiger partial charge in [-0.1, -0.05) is 118 Å². The smallest absolute Gasteiger partial charge is 0.0157 e. The maximum absolute atomic E-state index is 2.56. The van der Waals surface area contributed by atoms with Crippen molar-refractivity contribution in [3.8, 4) is 0 Å². The van der Waals surface area contributed by atoms with Crippen molar-refractivity contribution < 1.29 is 0 Å².